The zero-order chi connectivity index (χ0) is 13.2. The van der Waals surface area contributed by atoms with Crippen LogP contribution in [0.1, 0.15) is 27.2 Å². The van der Waals surface area contributed by atoms with Crippen LogP contribution in [0.4, 0.5) is 4.79 Å². The number of likely N-dealkylation sites (N-methyl/N-ethyl adjacent to an activating group) is 1. The van der Waals surface area contributed by atoms with Gasteiger partial charge in [-0.3, -0.25) is 4.79 Å². The van der Waals surface area contributed by atoms with Crippen LogP contribution in [-0.4, -0.2) is 53.3 Å². The lowest BCUT2D eigenvalue weighted by molar-refractivity contribution is -0.139. The van der Waals surface area contributed by atoms with Crippen molar-refractivity contribution in [3.8, 4) is 0 Å². The lowest BCUT2D eigenvalue weighted by Crippen LogP contribution is -2.41. The number of rotatable bonds is 2. The molecule has 6 nitrogen and oxygen atoms in total. The van der Waals surface area contributed by atoms with Crippen molar-refractivity contribution in [2.24, 2.45) is 0 Å². The molecule has 6 heteroatoms. The van der Waals surface area contributed by atoms with Gasteiger partial charge in [-0.05, 0) is 27.2 Å². The SMILES string of the molecule is CN(C(=O)OC(C)(C)C)[C@H]1CN[C@H](C(=O)O)C1. The first-order chi connectivity index (χ1) is 7.70. The van der Waals surface area contributed by atoms with E-state index in [2.05, 4.69) is 5.32 Å². The number of amides is 1. The predicted molar refractivity (Wildman–Crippen MR) is 61.8 cm³/mol. The van der Waals surface area contributed by atoms with Crippen LogP contribution in [0.25, 0.3) is 0 Å². The Bertz CT molecular complexity index is 311. The lowest BCUT2D eigenvalue weighted by Gasteiger charge is -2.28. The summed E-state index contributed by atoms with van der Waals surface area (Å²) in [6.45, 7) is 5.87. The van der Waals surface area contributed by atoms with E-state index in [4.69, 9.17) is 9.84 Å². The fourth-order valence-electron chi connectivity index (χ4n) is 1.68. The van der Waals surface area contributed by atoms with Gasteiger partial charge in [-0.1, -0.05) is 0 Å². The maximum absolute atomic E-state index is 11.8. The molecule has 1 amide bonds. The second-order valence-corrected chi connectivity index (χ2v) is 5.28. The largest absolute Gasteiger partial charge is 0.480 e. The fourth-order valence-corrected chi connectivity index (χ4v) is 1.68. The number of hydrogen-bond acceptors (Lipinski definition) is 4. The van der Waals surface area contributed by atoms with E-state index in [1.54, 1.807) is 27.8 Å². The fraction of sp³-hybridized carbons (Fsp3) is 0.818. The molecule has 0 spiro atoms. The van der Waals surface area contributed by atoms with Crippen molar-refractivity contribution in [1.82, 2.24) is 10.2 Å². The Kier molecular flexibility index (Phi) is 3.98. The average Bonchev–Trinajstić information content (AvgIpc) is 2.62. The quantitative estimate of drug-likeness (QED) is 0.746. The molecule has 1 fully saturated rings. The van der Waals surface area contributed by atoms with E-state index in [0.29, 0.717) is 13.0 Å². The number of carbonyl (C=O) groups is 2. The van der Waals surface area contributed by atoms with Gasteiger partial charge in [0.15, 0.2) is 0 Å². The van der Waals surface area contributed by atoms with Crippen molar-refractivity contribution < 1.29 is 19.4 Å². The zero-order valence-corrected chi connectivity index (χ0v) is 10.7. The molecule has 0 saturated carbocycles. The van der Waals surface area contributed by atoms with Crippen LogP contribution in [0, 0.1) is 0 Å². The van der Waals surface area contributed by atoms with Gasteiger partial charge in [-0.2, -0.15) is 0 Å². The van der Waals surface area contributed by atoms with Crippen LogP contribution in [0.3, 0.4) is 0 Å². The minimum Gasteiger partial charge on any atom is -0.480 e. The molecule has 1 saturated heterocycles. The van der Waals surface area contributed by atoms with Gasteiger partial charge in [-0.15, -0.1) is 0 Å². The molecule has 1 rings (SSSR count). The molecule has 1 aliphatic rings. The summed E-state index contributed by atoms with van der Waals surface area (Å²) in [6.07, 6.45) is -0.0132. The molecule has 0 unspecified atom stereocenters. The Morgan fingerprint density at radius 2 is 2.00 bits per heavy atom. The van der Waals surface area contributed by atoms with Crippen molar-refractivity contribution in [3.05, 3.63) is 0 Å². The minimum atomic E-state index is -0.884. The van der Waals surface area contributed by atoms with Crippen molar-refractivity contribution in [1.29, 1.82) is 0 Å². The summed E-state index contributed by atoms with van der Waals surface area (Å²) in [4.78, 5) is 24.0. The molecule has 0 radical (unpaired) electrons. The van der Waals surface area contributed by atoms with E-state index in [1.165, 1.54) is 4.90 Å². The molecule has 98 valence electrons. The molecule has 0 bridgehead atoms. The van der Waals surface area contributed by atoms with E-state index < -0.39 is 23.7 Å². The highest BCUT2D eigenvalue weighted by atomic mass is 16.6. The van der Waals surface area contributed by atoms with Crippen LogP contribution in [0.2, 0.25) is 0 Å². The maximum atomic E-state index is 11.8. The van der Waals surface area contributed by atoms with Crippen LogP contribution >= 0.6 is 0 Å². The van der Waals surface area contributed by atoms with Gasteiger partial charge < -0.3 is 20.1 Å². The summed E-state index contributed by atoms with van der Waals surface area (Å²) >= 11 is 0. The van der Waals surface area contributed by atoms with Crippen molar-refractivity contribution >= 4 is 12.1 Å². The summed E-state index contributed by atoms with van der Waals surface area (Å²) in [7, 11) is 1.63. The summed E-state index contributed by atoms with van der Waals surface area (Å²) in [5.41, 5.74) is -0.538. The molecule has 2 N–H and O–H groups in total. The van der Waals surface area contributed by atoms with Gasteiger partial charge in [0, 0.05) is 19.6 Å². The smallest absolute Gasteiger partial charge is 0.410 e. The van der Waals surface area contributed by atoms with Crippen molar-refractivity contribution in [2.45, 2.75) is 44.9 Å². The second-order valence-electron chi connectivity index (χ2n) is 5.28. The number of carbonyl (C=O) groups excluding carboxylic acids is 1. The lowest BCUT2D eigenvalue weighted by atomic mass is 10.1. The molecule has 0 aromatic carbocycles. The van der Waals surface area contributed by atoms with Gasteiger partial charge in [0.1, 0.15) is 11.6 Å². The summed E-state index contributed by atoms with van der Waals surface area (Å²) in [6, 6.07) is -0.712. The number of nitrogens with one attached hydrogen (secondary N) is 1. The first kappa shape index (κ1) is 13.8. The highest BCUT2D eigenvalue weighted by Crippen LogP contribution is 2.16. The number of nitrogens with zero attached hydrogens (tertiary/aromatic N) is 1. The van der Waals surface area contributed by atoms with E-state index in [0.717, 1.165) is 0 Å². The van der Waals surface area contributed by atoms with Gasteiger partial charge in [0.05, 0.1) is 0 Å². The van der Waals surface area contributed by atoms with Crippen LogP contribution < -0.4 is 5.32 Å². The summed E-state index contributed by atoms with van der Waals surface area (Å²) < 4.78 is 5.22. The van der Waals surface area contributed by atoms with Crippen LogP contribution in [0.15, 0.2) is 0 Å². The molecule has 1 aliphatic heterocycles. The van der Waals surface area contributed by atoms with E-state index in [-0.39, 0.29) is 6.04 Å². The third-order valence-corrected chi connectivity index (χ3v) is 2.63. The highest BCUT2D eigenvalue weighted by Gasteiger charge is 2.34. The van der Waals surface area contributed by atoms with Crippen molar-refractivity contribution in [2.75, 3.05) is 13.6 Å². The monoisotopic (exact) mass is 244 g/mol. The maximum Gasteiger partial charge on any atom is 0.410 e. The topological polar surface area (TPSA) is 78.9 Å². The molecule has 2 atom stereocenters. The van der Waals surface area contributed by atoms with Gasteiger partial charge >= 0.3 is 12.1 Å². The summed E-state index contributed by atoms with van der Waals surface area (Å²) in [5.74, 6) is -0.884. The molecular formula is C11H20N2O4. The van der Waals surface area contributed by atoms with Gasteiger partial charge in [-0.25, -0.2) is 4.79 Å². The normalized spacial score (nSPS) is 24.5. The number of hydrogen-bond donors (Lipinski definition) is 2. The molecule has 0 aromatic rings. The Labute approximate surface area is 101 Å². The number of ether oxygens (including phenoxy) is 1. The predicted octanol–water partition coefficient (Wildman–Crippen LogP) is 0.668. The van der Waals surface area contributed by atoms with Gasteiger partial charge in [0.2, 0.25) is 0 Å². The molecule has 0 aliphatic carbocycles. The third-order valence-electron chi connectivity index (χ3n) is 2.63. The minimum absolute atomic E-state index is 0.133. The first-order valence-corrected chi connectivity index (χ1v) is 5.62. The molecule has 17 heavy (non-hydrogen) atoms. The molecule has 1 heterocycles. The van der Waals surface area contributed by atoms with E-state index in [1.807, 2.05) is 0 Å². The molecule has 0 aromatic heterocycles. The first-order valence-electron chi connectivity index (χ1n) is 5.62. The van der Waals surface area contributed by atoms with E-state index in [9.17, 15) is 9.59 Å². The highest BCUT2D eigenvalue weighted by molar-refractivity contribution is 5.74. The van der Waals surface area contributed by atoms with Crippen LogP contribution in [0.5, 0.6) is 0 Å². The Morgan fingerprint density at radius 3 is 2.41 bits per heavy atom. The average molecular weight is 244 g/mol. The second kappa shape index (κ2) is 4.91. The molecular weight excluding hydrogens is 224 g/mol. The summed E-state index contributed by atoms with van der Waals surface area (Å²) in [5, 5.41) is 11.7. The zero-order valence-electron chi connectivity index (χ0n) is 10.7. The van der Waals surface area contributed by atoms with E-state index >= 15 is 0 Å². The number of aliphatic carboxylic acids is 1. The Balaban J connectivity index is 2.52. The van der Waals surface area contributed by atoms with Crippen LogP contribution in [-0.2, 0) is 9.53 Å². The van der Waals surface area contributed by atoms with Gasteiger partial charge in [0.25, 0.3) is 0 Å². The van der Waals surface area contributed by atoms with Crippen molar-refractivity contribution in [3.63, 3.8) is 0 Å². The number of carboxylic acid groups (broad SMARTS) is 1. The standard InChI is InChI=1S/C11H20N2O4/c1-11(2,3)17-10(16)13(4)7-5-8(9(14)15)12-6-7/h7-8,12H,5-6H2,1-4H3,(H,14,15)/t7-,8+/m1/s1. The number of carboxylic acids is 1. The Hall–Kier alpha value is -1.30. The Morgan fingerprint density at radius 1 is 1.41 bits per heavy atom. The third kappa shape index (κ3) is 3.89.